The summed E-state index contributed by atoms with van der Waals surface area (Å²) in [7, 11) is 1.63. The predicted octanol–water partition coefficient (Wildman–Crippen LogP) is 1.72. The fraction of sp³-hybridized carbons (Fsp3) is 0.471. The van der Waals surface area contributed by atoms with Crippen molar-refractivity contribution in [3.05, 3.63) is 28.7 Å². The molecule has 1 aromatic carbocycles. The van der Waals surface area contributed by atoms with Crippen molar-refractivity contribution in [3.63, 3.8) is 0 Å². The Morgan fingerprint density at radius 2 is 2.04 bits per heavy atom. The van der Waals surface area contributed by atoms with Gasteiger partial charge < -0.3 is 14.6 Å². The molecule has 7 heteroatoms. The highest BCUT2D eigenvalue weighted by molar-refractivity contribution is 5.98. The molecule has 1 aromatic heterocycles. The largest absolute Gasteiger partial charge is 0.419 e. The molecule has 1 fully saturated rings. The van der Waals surface area contributed by atoms with Crippen LogP contribution in [0.3, 0.4) is 0 Å². The van der Waals surface area contributed by atoms with Crippen LogP contribution in [0.4, 0.5) is 5.69 Å². The summed E-state index contributed by atoms with van der Waals surface area (Å²) in [5.41, 5.74) is 1.62. The summed E-state index contributed by atoms with van der Waals surface area (Å²) in [4.78, 5) is 37.9. The summed E-state index contributed by atoms with van der Waals surface area (Å²) in [5, 5.41) is 2.84. The molecule has 0 radical (unpaired) electrons. The van der Waals surface area contributed by atoms with Crippen molar-refractivity contribution < 1.29 is 14.0 Å². The maximum Gasteiger partial charge on any atom is 0.419 e. The number of anilines is 1. The number of nitrogens with zero attached hydrogens (tertiary/aromatic N) is 2. The second-order valence-electron chi connectivity index (χ2n) is 6.48. The van der Waals surface area contributed by atoms with Gasteiger partial charge in [0, 0.05) is 31.8 Å². The van der Waals surface area contributed by atoms with Gasteiger partial charge >= 0.3 is 5.76 Å². The van der Waals surface area contributed by atoms with E-state index in [1.807, 2.05) is 13.8 Å². The molecular formula is C17H21N3O4. The maximum absolute atomic E-state index is 12.7. The van der Waals surface area contributed by atoms with Gasteiger partial charge in [-0.3, -0.25) is 14.2 Å². The van der Waals surface area contributed by atoms with Crippen LogP contribution in [-0.4, -0.2) is 33.9 Å². The van der Waals surface area contributed by atoms with Crippen LogP contribution < -0.4 is 11.1 Å². The van der Waals surface area contributed by atoms with E-state index < -0.39 is 11.8 Å². The highest BCUT2D eigenvalue weighted by Gasteiger charge is 2.34. The lowest BCUT2D eigenvalue weighted by Gasteiger charge is -2.29. The molecule has 0 saturated carbocycles. The van der Waals surface area contributed by atoms with E-state index in [1.165, 1.54) is 4.57 Å². The molecule has 1 atom stereocenters. The Bertz CT molecular complexity index is 849. The predicted molar refractivity (Wildman–Crippen MR) is 89.7 cm³/mol. The summed E-state index contributed by atoms with van der Waals surface area (Å²) < 4.78 is 6.54. The van der Waals surface area contributed by atoms with E-state index in [4.69, 9.17) is 4.42 Å². The molecule has 0 spiro atoms. The number of oxazole rings is 1. The summed E-state index contributed by atoms with van der Waals surface area (Å²) >= 11 is 0. The number of likely N-dealkylation sites (tertiary alicyclic amines) is 1. The average molecular weight is 331 g/mol. The highest BCUT2D eigenvalue weighted by atomic mass is 16.4. The zero-order chi connectivity index (χ0) is 17.4. The van der Waals surface area contributed by atoms with E-state index in [-0.39, 0.29) is 17.7 Å². The third-order valence-electron chi connectivity index (χ3n) is 4.41. The van der Waals surface area contributed by atoms with E-state index >= 15 is 0 Å². The molecular weight excluding hydrogens is 310 g/mol. The number of rotatable bonds is 4. The lowest BCUT2D eigenvalue weighted by atomic mass is 10.0. The number of hydrogen-bond acceptors (Lipinski definition) is 4. The van der Waals surface area contributed by atoms with E-state index in [9.17, 15) is 14.4 Å². The van der Waals surface area contributed by atoms with Gasteiger partial charge in [-0.25, -0.2) is 4.79 Å². The molecule has 1 aliphatic heterocycles. The Morgan fingerprint density at radius 1 is 1.29 bits per heavy atom. The number of benzene rings is 1. The van der Waals surface area contributed by atoms with Crippen molar-refractivity contribution >= 4 is 28.6 Å². The molecule has 24 heavy (non-hydrogen) atoms. The second-order valence-corrected chi connectivity index (χ2v) is 6.48. The number of hydrogen-bond donors (Lipinski definition) is 1. The monoisotopic (exact) mass is 331 g/mol. The zero-order valence-electron chi connectivity index (χ0n) is 14.0. The Labute approximate surface area is 139 Å². The van der Waals surface area contributed by atoms with Crippen LogP contribution in [-0.2, 0) is 16.6 Å². The molecule has 1 unspecified atom stereocenters. The Balaban J connectivity index is 1.84. The van der Waals surface area contributed by atoms with Crippen LogP contribution in [0.15, 0.2) is 27.4 Å². The summed E-state index contributed by atoms with van der Waals surface area (Å²) in [6, 6.07) is 4.57. The number of aromatic nitrogens is 1. The van der Waals surface area contributed by atoms with Gasteiger partial charge in [0.2, 0.25) is 11.8 Å². The number of carbonyl (C=O) groups excluding carboxylic acids is 2. The average Bonchev–Trinajstić information content (AvgIpc) is 3.04. The minimum absolute atomic E-state index is 0.00504. The van der Waals surface area contributed by atoms with Gasteiger partial charge in [0.15, 0.2) is 5.58 Å². The highest BCUT2D eigenvalue weighted by Crippen LogP contribution is 2.22. The Kier molecular flexibility index (Phi) is 4.17. The van der Waals surface area contributed by atoms with E-state index in [2.05, 4.69) is 5.32 Å². The molecule has 1 N–H and O–H groups in total. The second kappa shape index (κ2) is 6.14. The Hall–Kier alpha value is -2.57. The van der Waals surface area contributed by atoms with Crippen molar-refractivity contribution in [2.24, 2.45) is 13.0 Å². The molecule has 1 aliphatic rings. The van der Waals surface area contributed by atoms with Crippen molar-refractivity contribution in [1.82, 2.24) is 9.47 Å². The number of nitrogens with one attached hydrogen (secondary N) is 1. The smallest absolute Gasteiger partial charge is 0.408 e. The number of amides is 2. The first-order valence-corrected chi connectivity index (χ1v) is 8.08. The topological polar surface area (TPSA) is 84.6 Å². The zero-order valence-corrected chi connectivity index (χ0v) is 14.0. The lowest BCUT2D eigenvalue weighted by Crippen LogP contribution is -2.47. The fourth-order valence-electron chi connectivity index (χ4n) is 3.20. The van der Waals surface area contributed by atoms with Crippen molar-refractivity contribution in [2.45, 2.75) is 32.7 Å². The number of carbonyl (C=O) groups is 2. The van der Waals surface area contributed by atoms with Gasteiger partial charge in [0.1, 0.15) is 6.04 Å². The summed E-state index contributed by atoms with van der Waals surface area (Å²) in [5.74, 6) is -0.645. The maximum atomic E-state index is 12.7. The molecule has 2 amide bonds. The van der Waals surface area contributed by atoms with Crippen LogP contribution in [0.1, 0.15) is 26.7 Å². The minimum Gasteiger partial charge on any atom is -0.408 e. The molecule has 2 heterocycles. The van der Waals surface area contributed by atoms with Gasteiger partial charge in [-0.05, 0) is 24.5 Å². The van der Waals surface area contributed by atoms with Gasteiger partial charge in [-0.15, -0.1) is 0 Å². The molecule has 128 valence electrons. The van der Waals surface area contributed by atoms with Crippen LogP contribution in [0.5, 0.6) is 0 Å². The summed E-state index contributed by atoms with van der Waals surface area (Å²) in [6.45, 7) is 4.46. The van der Waals surface area contributed by atoms with Crippen molar-refractivity contribution in [3.8, 4) is 0 Å². The number of aryl methyl sites for hydroxylation is 1. The molecule has 0 bridgehead atoms. The van der Waals surface area contributed by atoms with E-state index in [0.717, 1.165) is 6.42 Å². The SMILES string of the molecule is CC(C)C(C(=O)Nc1ccc2c(c1)oc(=O)n2C)N1CCCC1=O. The molecule has 7 nitrogen and oxygen atoms in total. The van der Waals surface area contributed by atoms with Crippen molar-refractivity contribution in [1.29, 1.82) is 0 Å². The number of fused-ring (bicyclic) bond motifs is 1. The third-order valence-corrected chi connectivity index (χ3v) is 4.41. The minimum atomic E-state index is -0.501. The first-order chi connectivity index (χ1) is 11.4. The molecule has 3 rings (SSSR count). The van der Waals surface area contributed by atoms with Crippen LogP contribution in [0.2, 0.25) is 0 Å². The first kappa shape index (κ1) is 16.3. The van der Waals surface area contributed by atoms with Gasteiger partial charge in [0.05, 0.1) is 5.52 Å². The lowest BCUT2D eigenvalue weighted by molar-refractivity contribution is -0.136. The van der Waals surface area contributed by atoms with Gasteiger partial charge in [-0.1, -0.05) is 13.8 Å². The molecule has 2 aromatic rings. The fourth-order valence-corrected chi connectivity index (χ4v) is 3.20. The normalized spacial score (nSPS) is 16.2. The quantitative estimate of drug-likeness (QED) is 0.924. The molecule has 1 saturated heterocycles. The van der Waals surface area contributed by atoms with Crippen molar-refractivity contribution in [2.75, 3.05) is 11.9 Å². The standard InChI is InChI=1S/C17H21N3O4/c1-10(2)15(20-8-4-5-14(20)21)16(22)18-11-6-7-12-13(9-11)24-17(23)19(12)3/h6-7,9-10,15H,4-5,8H2,1-3H3,(H,18,22). The third kappa shape index (κ3) is 2.81. The molecule has 0 aliphatic carbocycles. The van der Waals surface area contributed by atoms with E-state index in [0.29, 0.717) is 29.8 Å². The Morgan fingerprint density at radius 3 is 2.67 bits per heavy atom. The van der Waals surface area contributed by atoms with E-state index in [1.54, 1.807) is 30.1 Å². The van der Waals surface area contributed by atoms with Crippen LogP contribution in [0, 0.1) is 5.92 Å². The van der Waals surface area contributed by atoms with Crippen LogP contribution >= 0.6 is 0 Å². The van der Waals surface area contributed by atoms with Crippen LogP contribution in [0.25, 0.3) is 11.1 Å². The van der Waals surface area contributed by atoms with Gasteiger partial charge in [-0.2, -0.15) is 0 Å². The first-order valence-electron chi connectivity index (χ1n) is 8.08. The summed E-state index contributed by atoms with van der Waals surface area (Å²) in [6.07, 6.45) is 1.29. The van der Waals surface area contributed by atoms with Gasteiger partial charge in [0.25, 0.3) is 0 Å².